The summed E-state index contributed by atoms with van der Waals surface area (Å²) in [6, 6.07) is 17.9. The average molecular weight is 395 g/mol. The first-order valence-corrected chi connectivity index (χ1v) is 9.87. The van der Waals surface area contributed by atoms with Crippen molar-refractivity contribution in [1.29, 1.82) is 0 Å². The molecule has 0 unspecified atom stereocenters. The molecule has 1 aliphatic heterocycles. The molecule has 1 fully saturated rings. The number of halogens is 1. The molecular weight excluding hydrogens is 372 g/mol. The molecule has 0 saturated carbocycles. The van der Waals surface area contributed by atoms with Crippen molar-refractivity contribution in [2.45, 2.75) is 13.3 Å². The third kappa shape index (κ3) is 4.04. The quantitative estimate of drug-likeness (QED) is 0.733. The first kappa shape index (κ1) is 18.6. The SMILES string of the molecule is Cc1nc(N2CCN(c3ccc(Cl)cc3)CC2)[nH]c(=O)c1Cc1ccccc1. The van der Waals surface area contributed by atoms with Gasteiger partial charge < -0.3 is 9.80 Å². The molecule has 3 aromatic rings. The van der Waals surface area contributed by atoms with Crippen LogP contribution in [0.2, 0.25) is 5.02 Å². The summed E-state index contributed by atoms with van der Waals surface area (Å²) in [6.45, 7) is 5.28. The molecule has 1 saturated heterocycles. The largest absolute Gasteiger partial charge is 0.368 e. The zero-order valence-electron chi connectivity index (χ0n) is 15.9. The van der Waals surface area contributed by atoms with Crippen LogP contribution in [-0.4, -0.2) is 36.1 Å². The third-order valence-electron chi connectivity index (χ3n) is 5.20. The van der Waals surface area contributed by atoms with Gasteiger partial charge in [-0.15, -0.1) is 0 Å². The lowest BCUT2D eigenvalue weighted by Crippen LogP contribution is -2.47. The van der Waals surface area contributed by atoms with Crippen LogP contribution in [0.3, 0.4) is 0 Å². The van der Waals surface area contributed by atoms with E-state index in [1.165, 1.54) is 5.69 Å². The molecule has 0 atom stereocenters. The first-order valence-electron chi connectivity index (χ1n) is 9.49. The fraction of sp³-hybridized carbons (Fsp3) is 0.273. The van der Waals surface area contributed by atoms with Crippen LogP contribution in [-0.2, 0) is 6.42 Å². The Morgan fingerprint density at radius 1 is 0.964 bits per heavy atom. The Morgan fingerprint density at radius 3 is 2.25 bits per heavy atom. The summed E-state index contributed by atoms with van der Waals surface area (Å²) in [5.41, 5.74) is 3.76. The summed E-state index contributed by atoms with van der Waals surface area (Å²) in [5.74, 6) is 0.662. The maximum atomic E-state index is 12.7. The van der Waals surface area contributed by atoms with Gasteiger partial charge in [0.15, 0.2) is 0 Å². The van der Waals surface area contributed by atoms with Gasteiger partial charge in [-0.3, -0.25) is 9.78 Å². The number of aryl methyl sites for hydroxylation is 1. The summed E-state index contributed by atoms with van der Waals surface area (Å²) in [5, 5.41) is 0.746. The second-order valence-corrected chi connectivity index (χ2v) is 7.50. The summed E-state index contributed by atoms with van der Waals surface area (Å²) in [6.07, 6.45) is 0.597. The number of benzene rings is 2. The number of nitrogens with one attached hydrogen (secondary N) is 1. The van der Waals surface area contributed by atoms with Crippen molar-refractivity contribution in [2.24, 2.45) is 0 Å². The Labute approximate surface area is 169 Å². The van der Waals surface area contributed by atoms with E-state index in [4.69, 9.17) is 16.6 Å². The normalized spacial score (nSPS) is 14.4. The second-order valence-electron chi connectivity index (χ2n) is 7.07. The highest BCUT2D eigenvalue weighted by atomic mass is 35.5. The Morgan fingerprint density at radius 2 is 1.61 bits per heavy atom. The van der Waals surface area contributed by atoms with E-state index in [-0.39, 0.29) is 5.56 Å². The topological polar surface area (TPSA) is 52.2 Å². The van der Waals surface area contributed by atoms with Crippen LogP contribution < -0.4 is 15.4 Å². The molecular formula is C22H23ClN4O. The molecule has 28 heavy (non-hydrogen) atoms. The summed E-state index contributed by atoms with van der Waals surface area (Å²) < 4.78 is 0. The Kier molecular flexibility index (Phi) is 5.35. The van der Waals surface area contributed by atoms with E-state index in [0.29, 0.717) is 12.4 Å². The van der Waals surface area contributed by atoms with Gasteiger partial charge in [0.05, 0.1) is 5.69 Å². The lowest BCUT2D eigenvalue weighted by Gasteiger charge is -2.36. The molecule has 0 aliphatic carbocycles. The van der Waals surface area contributed by atoms with Crippen LogP contribution in [0.5, 0.6) is 0 Å². The average Bonchev–Trinajstić information content (AvgIpc) is 2.72. The van der Waals surface area contributed by atoms with Gasteiger partial charge >= 0.3 is 0 Å². The van der Waals surface area contributed by atoms with Gasteiger partial charge in [-0.1, -0.05) is 41.9 Å². The van der Waals surface area contributed by atoms with Crippen LogP contribution in [0.1, 0.15) is 16.8 Å². The van der Waals surface area contributed by atoms with Gasteiger partial charge in [0.1, 0.15) is 0 Å². The van der Waals surface area contributed by atoms with Gasteiger partial charge in [0.25, 0.3) is 5.56 Å². The summed E-state index contributed by atoms with van der Waals surface area (Å²) >= 11 is 5.98. The number of piperazine rings is 1. The van der Waals surface area contributed by atoms with Gasteiger partial charge in [0.2, 0.25) is 5.95 Å². The molecule has 0 bridgehead atoms. The van der Waals surface area contributed by atoms with Crippen LogP contribution in [0.25, 0.3) is 0 Å². The van der Waals surface area contributed by atoms with Crippen LogP contribution in [0.4, 0.5) is 11.6 Å². The number of aromatic amines is 1. The molecule has 4 rings (SSSR count). The molecule has 0 amide bonds. The number of nitrogens with zero attached hydrogens (tertiary/aromatic N) is 3. The summed E-state index contributed by atoms with van der Waals surface area (Å²) in [4.78, 5) is 24.8. The van der Waals surface area contributed by atoms with Crippen LogP contribution in [0.15, 0.2) is 59.4 Å². The number of hydrogen-bond acceptors (Lipinski definition) is 4. The second kappa shape index (κ2) is 8.07. The standard InChI is InChI=1S/C22H23ClN4O/c1-16-20(15-17-5-3-2-4-6-17)21(28)25-22(24-16)27-13-11-26(12-14-27)19-9-7-18(23)8-10-19/h2-10H,11-15H2,1H3,(H,24,25,28). The Hall–Kier alpha value is -2.79. The highest BCUT2D eigenvalue weighted by Gasteiger charge is 2.20. The summed E-state index contributed by atoms with van der Waals surface area (Å²) in [7, 11) is 0. The van der Waals surface area contributed by atoms with E-state index in [0.717, 1.165) is 48.0 Å². The molecule has 2 aromatic carbocycles. The van der Waals surface area contributed by atoms with Crippen LogP contribution in [0, 0.1) is 6.92 Å². The Bertz CT molecular complexity index is 993. The van der Waals surface area contributed by atoms with Gasteiger partial charge in [-0.2, -0.15) is 0 Å². The minimum Gasteiger partial charge on any atom is -0.368 e. The molecule has 0 radical (unpaired) electrons. The molecule has 2 heterocycles. The van der Waals surface area contributed by atoms with Crippen molar-refractivity contribution in [1.82, 2.24) is 9.97 Å². The molecule has 1 aliphatic rings. The molecule has 5 nitrogen and oxygen atoms in total. The Balaban J connectivity index is 1.47. The number of H-pyrrole nitrogens is 1. The van der Waals surface area contributed by atoms with Crippen molar-refractivity contribution in [3.05, 3.63) is 86.8 Å². The fourth-order valence-electron chi connectivity index (χ4n) is 3.58. The number of hydrogen-bond donors (Lipinski definition) is 1. The lowest BCUT2D eigenvalue weighted by atomic mass is 10.1. The van der Waals surface area contributed by atoms with Crippen LogP contribution >= 0.6 is 11.6 Å². The number of rotatable bonds is 4. The third-order valence-corrected chi connectivity index (χ3v) is 5.46. The van der Waals surface area contributed by atoms with Crippen molar-refractivity contribution in [3.63, 3.8) is 0 Å². The van der Waals surface area contributed by atoms with E-state index < -0.39 is 0 Å². The van der Waals surface area contributed by atoms with E-state index in [1.807, 2.05) is 61.5 Å². The zero-order valence-corrected chi connectivity index (χ0v) is 16.6. The fourth-order valence-corrected chi connectivity index (χ4v) is 3.71. The van der Waals surface area contributed by atoms with Crippen molar-refractivity contribution < 1.29 is 0 Å². The predicted molar refractivity (Wildman–Crippen MR) is 115 cm³/mol. The maximum Gasteiger partial charge on any atom is 0.256 e. The molecule has 144 valence electrons. The van der Waals surface area contributed by atoms with Crippen molar-refractivity contribution in [2.75, 3.05) is 36.0 Å². The smallest absolute Gasteiger partial charge is 0.256 e. The minimum absolute atomic E-state index is 0.0496. The molecule has 6 heteroatoms. The van der Waals surface area contributed by atoms with Gasteiger partial charge in [0, 0.05) is 48.9 Å². The highest BCUT2D eigenvalue weighted by molar-refractivity contribution is 6.30. The van der Waals surface area contributed by atoms with E-state index >= 15 is 0 Å². The molecule has 1 aromatic heterocycles. The van der Waals surface area contributed by atoms with Crippen molar-refractivity contribution >= 4 is 23.2 Å². The monoisotopic (exact) mass is 394 g/mol. The first-order chi connectivity index (χ1) is 13.6. The van der Waals surface area contributed by atoms with Crippen molar-refractivity contribution in [3.8, 4) is 0 Å². The molecule has 1 N–H and O–H groups in total. The lowest BCUT2D eigenvalue weighted by molar-refractivity contribution is 0.637. The number of aromatic nitrogens is 2. The van der Waals surface area contributed by atoms with Gasteiger partial charge in [-0.05, 0) is 36.8 Å². The van der Waals surface area contributed by atoms with E-state index in [9.17, 15) is 4.79 Å². The maximum absolute atomic E-state index is 12.7. The zero-order chi connectivity index (χ0) is 19.5. The van der Waals surface area contributed by atoms with E-state index in [1.54, 1.807) is 0 Å². The van der Waals surface area contributed by atoms with E-state index in [2.05, 4.69) is 14.8 Å². The number of anilines is 2. The minimum atomic E-state index is -0.0496. The molecule has 0 spiro atoms. The highest BCUT2D eigenvalue weighted by Crippen LogP contribution is 2.21. The van der Waals surface area contributed by atoms with Gasteiger partial charge in [-0.25, -0.2) is 4.98 Å². The predicted octanol–water partition coefficient (Wildman–Crippen LogP) is 3.65.